The SMILES string of the molecule is CC\C=C/C=C\C=C/CCCCCCCCCC(=O)OC(COC(=O)CCCC/C=C\C/C=C\C/C=C\CC)COC(=O)CCCCCCCCCCC/C=C\C/C=C\C/C=C\CC. The summed E-state index contributed by atoms with van der Waals surface area (Å²) in [5.74, 6) is -0.964. The van der Waals surface area contributed by atoms with Crippen molar-refractivity contribution in [3.05, 3.63) is 109 Å². The minimum absolute atomic E-state index is 0.100. The first kappa shape index (κ1) is 60.1. The molecule has 0 N–H and O–H groups in total. The molecule has 0 aliphatic heterocycles. The van der Waals surface area contributed by atoms with Gasteiger partial charge in [0.15, 0.2) is 6.10 Å². The van der Waals surface area contributed by atoms with Crippen LogP contribution in [0.5, 0.6) is 0 Å². The molecule has 0 aliphatic carbocycles. The fourth-order valence-electron chi connectivity index (χ4n) is 6.76. The summed E-state index contributed by atoms with van der Waals surface area (Å²) >= 11 is 0. The third-order valence-electron chi connectivity index (χ3n) is 10.6. The van der Waals surface area contributed by atoms with Crippen molar-refractivity contribution in [1.82, 2.24) is 0 Å². The van der Waals surface area contributed by atoms with Crippen LogP contribution >= 0.6 is 0 Å². The number of allylic oxidation sites excluding steroid dienone is 18. The number of unbranched alkanes of at least 4 members (excludes halogenated alkanes) is 18. The van der Waals surface area contributed by atoms with Gasteiger partial charge >= 0.3 is 17.9 Å². The van der Waals surface area contributed by atoms with E-state index in [1.165, 1.54) is 64.2 Å². The second-order valence-corrected chi connectivity index (χ2v) is 16.7. The zero-order valence-electron chi connectivity index (χ0n) is 41.3. The van der Waals surface area contributed by atoms with Crippen molar-refractivity contribution >= 4 is 17.9 Å². The van der Waals surface area contributed by atoms with Gasteiger partial charge < -0.3 is 14.2 Å². The van der Waals surface area contributed by atoms with E-state index in [1.54, 1.807) is 0 Å². The molecule has 64 heavy (non-hydrogen) atoms. The van der Waals surface area contributed by atoms with E-state index in [4.69, 9.17) is 14.2 Å². The molecule has 0 amide bonds. The average Bonchev–Trinajstić information content (AvgIpc) is 3.29. The first-order valence-corrected chi connectivity index (χ1v) is 25.9. The van der Waals surface area contributed by atoms with Crippen LogP contribution in [0, 0.1) is 0 Å². The smallest absolute Gasteiger partial charge is 0.306 e. The highest BCUT2D eigenvalue weighted by Gasteiger charge is 2.19. The number of hydrogen-bond acceptors (Lipinski definition) is 6. The zero-order chi connectivity index (χ0) is 46.5. The minimum Gasteiger partial charge on any atom is -0.462 e. The number of carbonyl (C=O) groups is 3. The van der Waals surface area contributed by atoms with Crippen LogP contribution in [0.2, 0.25) is 0 Å². The fraction of sp³-hybridized carbons (Fsp3) is 0.638. The normalized spacial score (nSPS) is 13.0. The Morgan fingerprint density at radius 1 is 0.328 bits per heavy atom. The topological polar surface area (TPSA) is 78.9 Å². The molecule has 0 aromatic heterocycles. The van der Waals surface area contributed by atoms with E-state index in [9.17, 15) is 14.4 Å². The van der Waals surface area contributed by atoms with Crippen molar-refractivity contribution in [2.24, 2.45) is 0 Å². The van der Waals surface area contributed by atoms with Gasteiger partial charge in [0.25, 0.3) is 0 Å². The van der Waals surface area contributed by atoms with Crippen LogP contribution in [-0.2, 0) is 28.6 Å². The molecule has 6 heteroatoms. The van der Waals surface area contributed by atoms with E-state index in [2.05, 4.69) is 130 Å². The monoisotopic (exact) mass is 887 g/mol. The molecule has 1 unspecified atom stereocenters. The van der Waals surface area contributed by atoms with Gasteiger partial charge in [-0.15, -0.1) is 0 Å². The molecule has 1 atom stereocenters. The van der Waals surface area contributed by atoms with Gasteiger partial charge in [-0.2, -0.15) is 0 Å². The Bertz CT molecular complexity index is 1340. The first-order chi connectivity index (χ1) is 31.5. The van der Waals surface area contributed by atoms with Gasteiger partial charge in [-0.25, -0.2) is 0 Å². The van der Waals surface area contributed by atoms with E-state index in [-0.39, 0.29) is 31.1 Å². The highest BCUT2D eigenvalue weighted by Crippen LogP contribution is 2.14. The largest absolute Gasteiger partial charge is 0.462 e. The molecule has 0 saturated carbocycles. The molecule has 0 rings (SSSR count). The van der Waals surface area contributed by atoms with Gasteiger partial charge in [-0.3, -0.25) is 14.4 Å². The summed E-state index contributed by atoms with van der Waals surface area (Å²) in [7, 11) is 0. The summed E-state index contributed by atoms with van der Waals surface area (Å²) < 4.78 is 16.8. The summed E-state index contributed by atoms with van der Waals surface area (Å²) in [6, 6.07) is 0. The summed E-state index contributed by atoms with van der Waals surface area (Å²) in [5, 5.41) is 0. The van der Waals surface area contributed by atoms with Crippen LogP contribution in [0.4, 0.5) is 0 Å². The second-order valence-electron chi connectivity index (χ2n) is 16.7. The Kier molecular flexibility index (Phi) is 48.5. The number of hydrogen-bond donors (Lipinski definition) is 0. The van der Waals surface area contributed by atoms with Gasteiger partial charge in [0.2, 0.25) is 0 Å². The molecule has 0 heterocycles. The number of rotatable bonds is 45. The lowest BCUT2D eigenvalue weighted by molar-refractivity contribution is -0.167. The van der Waals surface area contributed by atoms with Crippen molar-refractivity contribution in [2.45, 2.75) is 226 Å². The highest BCUT2D eigenvalue weighted by atomic mass is 16.6. The lowest BCUT2D eigenvalue weighted by atomic mass is 10.1. The lowest BCUT2D eigenvalue weighted by Crippen LogP contribution is -2.30. The van der Waals surface area contributed by atoms with Crippen LogP contribution in [0.25, 0.3) is 0 Å². The van der Waals surface area contributed by atoms with Crippen molar-refractivity contribution in [3.8, 4) is 0 Å². The Balaban J connectivity index is 4.43. The fourth-order valence-corrected chi connectivity index (χ4v) is 6.76. The lowest BCUT2D eigenvalue weighted by Gasteiger charge is -2.18. The van der Waals surface area contributed by atoms with Crippen LogP contribution < -0.4 is 0 Å². The predicted molar refractivity (Wildman–Crippen MR) is 274 cm³/mol. The molecular formula is C58H94O6. The maximum Gasteiger partial charge on any atom is 0.306 e. The van der Waals surface area contributed by atoms with Crippen molar-refractivity contribution in [1.29, 1.82) is 0 Å². The van der Waals surface area contributed by atoms with E-state index in [0.29, 0.717) is 19.3 Å². The Hall–Kier alpha value is -3.93. The average molecular weight is 887 g/mol. The molecule has 362 valence electrons. The Morgan fingerprint density at radius 2 is 0.641 bits per heavy atom. The molecule has 0 saturated heterocycles. The van der Waals surface area contributed by atoms with Gasteiger partial charge in [0.1, 0.15) is 13.2 Å². The van der Waals surface area contributed by atoms with Crippen molar-refractivity contribution in [2.75, 3.05) is 13.2 Å². The van der Waals surface area contributed by atoms with E-state index in [1.807, 2.05) is 0 Å². The molecule has 0 bridgehead atoms. The molecule has 6 nitrogen and oxygen atoms in total. The van der Waals surface area contributed by atoms with E-state index < -0.39 is 6.10 Å². The van der Waals surface area contributed by atoms with Crippen molar-refractivity contribution < 1.29 is 28.6 Å². The molecule has 0 aromatic carbocycles. The zero-order valence-corrected chi connectivity index (χ0v) is 41.3. The number of carbonyl (C=O) groups excluding carboxylic acids is 3. The summed E-state index contributed by atoms with van der Waals surface area (Å²) in [4.78, 5) is 38.0. The van der Waals surface area contributed by atoms with Crippen molar-refractivity contribution in [3.63, 3.8) is 0 Å². The Morgan fingerprint density at radius 3 is 1.08 bits per heavy atom. The maximum atomic E-state index is 12.8. The third kappa shape index (κ3) is 49.1. The summed E-state index contributed by atoms with van der Waals surface area (Å²) in [6.45, 7) is 6.22. The van der Waals surface area contributed by atoms with Crippen LogP contribution in [0.3, 0.4) is 0 Å². The summed E-state index contributed by atoms with van der Waals surface area (Å²) in [5.41, 5.74) is 0. The second kappa shape index (κ2) is 51.7. The highest BCUT2D eigenvalue weighted by molar-refractivity contribution is 5.71. The van der Waals surface area contributed by atoms with Gasteiger partial charge in [-0.1, -0.05) is 207 Å². The quantitative estimate of drug-likeness (QED) is 0.0199. The molecular weight excluding hydrogens is 793 g/mol. The minimum atomic E-state index is -0.803. The Labute approximate surface area is 393 Å². The summed E-state index contributed by atoms with van der Waals surface area (Å²) in [6.07, 6.45) is 69.3. The van der Waals surface area contributed by atoms with Gasteiger partial charge in [-0.05, 0) is 103 Å². The molecule has 0 aromatic rings. The van der Waals surface area contributed by atoms with Crippen LogP contribution in [0.15, 0.2) is 109 Å². The standard InChI is InChI=1S/C58H94O6/c1-4-7-10-13-16-19-22-25-27-28-29-30-32-33-36-39-42-45-48-51-57(60)63-54-55(53-62-56(59)50-47-44-41-38-35-24-21-18-15-12-9-6-3)64-58(61)52-49-46-43-40-37-34-31-26-23-20-17-14-11-8-5-2/h7-12,14,16-21,23,25,27,35,38,55H,4-6,13,15,22,24,26,28-34,36-37,39-54H2,1-3H3/b10-7-,11-8-,12-9-,17-14-,19-16-,21-18-,23-20-,27-25-,38-35-. The van der Waals surface area contributed by atoms with Gasteiger partial charge in [0.05, 0.1) is 0 Å². The van der Waals surface area contributed by atoms with E-state index in [0.717, 1.165) is 116 Å². The van der Waals surface area contributed by atoms with Crippen LogP contribution in [-0.4, -0.2) is 37.2 Å². The maximum absolute atomic E-state index is 12.8. The molecule has 0 fully saturated rings. The van der Waals surface area contributed by atoms with Crippen LogP contribution in [0.1, 0.15) is 220 Å². The van der Waals surface area contributed by atoms with Gasteiger partial charge in [0, 0.05) is 19.3 Å². The predicted octanol–water partition coefficient (Wildman–Crippen LogP) is 17.1. The first-order valence-electron chi connectivity index (χ1n) is 25.9. The third-order valence-corrected chi connectivity index (χ3v) is 10.6. The number of esters is 3. The molecule has 0 aliphatic rings. The molecule has 0 spiro atoms. The number of ether oxygens (including phenoxy) is 3. The molecule has 0 radical (unpaired) electrons. The van der Waals surface area contributed by atoms with E-state index >= 15 is 0 Å².